The van der Waals surface area contributed by atoms with E-state index >= 15 is 0 Å². The normalized spacial score (nSPS) is 10.0. The van der Waals surface area contributed by atoms with Crippen molar-refractivity contribution < 1.29 is 18.7 Å². The Morgan fingerprint density at radius 3 is 2.57 bits per heavy atom. The lowest BCUT2D eigenvalue weighted by Crippen LogP contribution is -2.12. The summed E-state index contributed by atoms with van der Waals surface area (Å²) < 4.78 is 24.4. The fourth-order valence-corrected chi connectivity index (χ4v) is 1.60. The molecule has 0 unspecified atom stereocenters. The second-order valence-electron chi connectivity index (χ2n) is 4.10. The largest absolute Gasteiger partial charge is 0.449 e. The maximum absolute atomic E-state index is 12.8. The summed E-state index contributed by atoms with van der Waals surface area (Å²) in [7, 11) is 0. The average Bonchev–Trinajstić information content (AvgIpc) is 2.49. The van der Waals surface area contributed by atoms with Gasteiger partial charge in [-0.1, -0.05) is 12.1 Å². The lowest BCUT2D eigenvalue weighted by Gasteiger charge is -2.09. The van der Waals surface area contributed by atoms with Gasteiger partial charge in [-0.05, 0) is 29.8 Å². The molecule has 0 atom stereocenters. The molecule has 1 aromatic carbocycles. The van der Waals surface area contributed by atoms with E-state index in [1.54, 1.807) is 18.2 Å². The van der Waals surface area contributed by atoms with Gasteiger partial charge in [-0.15, -0.1) is 0 Å². The van der Waals surface area contributed by atoms with Crippen LogP contribution >= 0.6 is 0 Å². The van der Waals surface area contributed by atoms with Gasteiger partial charge in [0.25, 0.3) is 0 Å². The van der Waals surface area contributed by atoms with Gasteiger partial charge < -0.3 is 11.1 Å². The van der Waals surface area contributed by atoms with Gasteiger partial charge >= 0.3 is 6.09 Å². The Morgan fingerprint density at radius 1 is 1.24 bits per heavy atom. The molecule has 1 aromatic heterocycles. The number of halogens is 2. The molecular formula is C13H12F2N4O2. The quantitative estimate of drug-likeness (QED) is 0.806. The SMILES string of the molecule is Nc1nc(NCc2ccc(F)cc2)ccc1NC(=O)OF. The highest BCUT2D eigenvalue weighted by atomic mass is 19.3. The molecule has 2 rings (SSSR count). The third kappa shape index (κ3) is 4.03. The Hall–Kier alpha value is -2.90. The molecular weight excluding hydrogens is 282 g/mol. The van der Waals surface area contributed by atoms with Gasteiger partial charge in [0.05, 0.1) is 5.69 Å². The van der Waals surface area contributed by atoms with Gasteiger partial charge in [-0.3, -0.25) is 5.32 Å². The molecule has 0 aliphatic carbocycles. The van der Waals surface area contributed by atoms with Gasteiger partial charge in [0, 0.05) is 11.1 Å². The monoisotopic (exact) mass is 294 g/mol. The highest BCUT2D eigenvalue weighted by Gasteiger charge is 2.08. The summed E-state index contributed by atoms with van der Waals surface area (Å²) in [5.74, 6) is 0.150. The van der Waals surface area contributed by atoms with Crippen LogP contribution in [0.1, 0.15) is 5.56 Å². The van der Waals surface area contributed by atoms with E-state index in [0.717, 1.165) is 5.56 Å². The predicted molar refractivity (Wildman–Crippen MR) is 73.6 cm³/mol. The van der Waals surface area contributed by atoms with Crippen LogP contribution in [0.5, 0.6) is 0 Å². The number of amides is 1. The van der Waals surface area contributed by atoms with Crippen molar-refractivity contribution in [2.45, 2.75) is 6.54 Å². The van der Waals surface area contributed by atoms with Gasteiger partial charge in [0.2, 0.25) is 0 Å². The maximum atomic E-state index is 12.8. The Balaban J connectivity index is 1.99. The molecule has 2 aromatic rings. The minimum absolute atomic E-state index is 0.00417. The van der Waals surface area contributed by atoms with Crippen LogP contribution in [0.4, 0.5) is 31.0 Å². The third-order valence-corrected chi connectivity index (χ3v) is 2.62. The van der Waals surface area contributed by atoms with Crippen LogP contribution in [-0.2, 0) is 11.5 Å². The Kier molecular flexibility index (Phi) is 4.50. The van der Waals surface area contributed by atoms with Crippen molar-refractivity contribution in [3.05, 3.63) is 47.8 Å². The molecule has 0 radical (unpaired) electrons. The number of nitrogens with zero attached hydrogens (tertiary/aromatic N) is 1. The smallest absolute Gasteiger partial charge is 0.382 e. The van der Waals surface area contributed by atoms with Crippen LogP contribution < -0.4 is 16.4 Å². The number of nitrogens with two attached hydrogens (primary N) is 1. The number of carbonyl (C=O) groups excluding carboxylic acids is 1. The summed E-state index contributed by atoms with van der Waals surface area (Å²) in [5, 5.41) is 5.06. The lowest BCUT2D eigenvalue weighted by molar-refractivity contribution is -0.0544. The van der Waals surface area contributed by atoms with E-state index in [1.165, 1.54) is 18.2 Å². The molecule has 0 fully saturated rings. The van der Waals surface area contributed by atoms with Crippen LogP contribution in [0.2, 0.25) is 0 Å². The highest BCUT2D eigenvalue weighted by Crippen LogP contribution is 2.19. The van der Waals surface area contributed by atoms with Crippen molar-refractivity contribution in [1.82, 2.24) is 4.98 Å². The zero-order chi connectivity index (χ0) is 15.2. The van der Waals surface area contributed by atoms with Crippen LogP contribution in [0, 0.1) is 5.82 Å². The van der Waals surface area contributed by atoms with E-state index in [9.17, 15) is 13.7 Å². The number of hydrogen-bond donors (Lipinski definition) is 3. The summed E-state index contributed by atoms with van der Waals surface area (Å²) in [6.45, 7) is 0.423. The summed E-state index contributed by atoms with van der Waals surface area (Å²) in [5.41, 5.74) is 6.61. The van der Waals surface area contributed by atoms with Crippen molar-refractivity contribution in [3.63, 3.8) is 0 Å². The van der Waals surface area contributed by atoms with Crippen molar-refractivity contribution in [1.29, 1.82) is 0 Å². The minimum atomic E-state index is -1.28. The first-order valence-electron chi connectivity index (χ1n) is 5.93. The summed E-state index contributed by atoms with van der Waals surface area (Å²) in [6, 6.07) is 8.99. The van der Waals surface area contributed by atoms with Crippen LogP contribution in [0.25, 0.3) is 0 Å². The highest BCUT2D eigenvalue weighted by molar-refractivity contribution is 5.87. The molecule has 110 valence electrons. The number of aromatic nitrogens is 1. The number of carbonyl (C=O) groups is 1. The predicted octanol–water partition coefficient (Wildman–Crippen LogP) is 2.85. The molecule has 4 N–H and O–H groups in total. The fourth-order valence-electron chi connectivity index (χ4n) is 1.60. The van der Waals surface area contributed by atoms with E-state index in [2.05, 4.69) is 20.6 Å². The molecule has 0 saturated carbocycles. The van der Waals surface area contributed by atoms with Gasteiger partial charge in [0.15, 0.2) is 0 Å². The Morgan fingerprint density at radius 2 is 1.95 bits per heavy atom. The second-order valence-corrected chi connectivity index (χ2v) is 4.10. The Labute approximate surface area is 118 Å². The van der Waals surface area contributed by atoms with E-state index in [0.29, 0.717) is 12.4 Å². The van der Waals surface area contributed by atoms with Crippen LogP contribution in [-0.4, -0.2) is 11.1 Å². The molecule has 0 bridgehead atoms. The molecule has 6 nitrogen and oxygen atoms in total. The van der Waals surface area contributed by atoms with E-state index in [-0.39, 0.29) is 17.3 Å². The van der Waals surface area contributed by atoms with Gasteiger partial charge in [-0.25, -0.2) is 19.1 Å². The first-order chi connectivity index (χ1) is 10.1. The van der Waals surface area contributed by atoms with Crippen molar-refractivity contribution in [2.24, 2.45) is 0 Å². The number of benzene rings is 1. The van der Waals surface area contributed by atoms with E-state index in [4.69, 9.17) is 5.73 Å². The molecule has 0 aliphatic rings. The molecule has 0 saturated heterocycles. The lowest BCUT2D eigenvalue weighted by atomic mass is 10.2. The molecule has 1 heterocycles. The maximum Gasteiger partial charge on any atom is 0.449 e. The topological polar surface area (TPSA) is 89.3 Å². The zero-order valence-corrected chi connectivity index (χ0v) is 10.8. The number of pyridine rings is 1. The molecule has 21 heavy (non-hydrogen) atoms. The zero-order valence-electron chi connectivity index (χ0n) is 10.8. The minimum Gasteiger partial charge on any atom is -0.382 e. The van der Waals surface area contributed by atoms with E-state index < -0.39 is 6.09 Å². The number of nitrogens with one attached hydrogen (secondary N) is 2. The first-order valence-corrected chi connectivity index (χ1v) is 5.93. The number of hydrogen-bond acceptors (Lipinski definition) is 5. The summed E-state index contributed by atoms with van der Waals surface area (Å²) >= 11 is 0. The van der Waals surface area contributed by atoms with Crippen LogP contribution in [0.15, 0.2) is 36.4 Å². The van der Waals surface area contributed by atoms with E-state index in [1.807, 2.05) is 0 Å². The average molecular weight is 294 g/mol. The third-order valence-electron chi connectivity index (χ3n) is 2.62. The number of nitrogen functional groups attached to an aromatic ring is 1. The van der Waals surface area contributed by atoms with Gasteiger partial charge in [0.1, 0.15) is 17.5 Å². The molecule has 1 amide bonds. The first kappa shape index (κ1) is 14.5. The number of rotatable bonds is 4. The Bertz CT molecular complexity index is 635. The summed E-state index contributed by atoms with van der Waals surface area (Å²) in [6.07, 6.45) is -1.28. The standard InChI is InChI=1S/C13H12F2N4O2/c14-9-3-1-8(2-4-9)7-17-11-6-5-10(12(16)19-11)18-13(20)21-15/h1-6H,7H2,(H,18,20)(H3,16,17,19). The molecule has 8 heteroatoms. The fraction of sp³-hybridized carbons (Fsp3) is 0.0769. The van der Waals surface area contributed by atoms with Crippen molar-refractivity contribution in [2.75, 3.05) is 16.4 Å². The van der Waals surface area contributed by atoms with Crippen molar-refractivity contribution in [3.8, 4) is 0 Å². The molecule has 0 aliphatic heterocycles. The van der Waals surface area contributed by atoms with Crippen LogP contribution in [0.3, 0.4) is 0 Å². The van der Waals surface area contributed by atoms with Crippen molar-refractivity contribution >= 4 is 23.4 Å². The molecule has 0 spiro atoms. The number of anilines is 3. The van der Waals surface area contributed by atoms with Gasteiger partial charge in [-0.2, -0.15) is 0 Å². The summed E-state index contributed by atoms with van der Waals surface area (Å²) in [4.78, 5) is 17.7. The second kappa shape index (κ2) is 6.51.